The number of ether oxygens (including phenoxy) is 2. The van der Waals surface area contributed by atoms with E-state index in [4.69, 9.17) is 30.4 Å². The first-order valence-corrected chi connectivity index (χ1v) is 7.99. The Morgan fingerprint density at radius 1 is 1.27 bits per heavy atom. The van der Waals surface area contributed by atoms with Crippen LogP contribution in [0.5, 0.6) is 0 Å². The lowest BCUT2D eigenvalue weighted by molar-refractivity contribution is -0.0435. The van der Waals surface area contributed by atoms with Gasteiger partial charge in [-0.15, -0.1) is 0 Å². The Labute approximate surface area is 136 Å². The molecule has 2 aliphatic rings. The highest BCUT2D eigenvalue weighted by Crippen LogP contribution is 2.40. The van der Waals surface area contributed by atoms with Crippen LogP contribution >= 0.6 is 11.6 Å². The largest absolute Gasteiger partial charge is 0.498 e. The maximum absolute atomic E-state index is 6.34. The van der Waals surface area contributed by atoms with E-state index in [9.17, 15) is 0 Å². The Kier molecular flexibility index (Phi) is 4.25. The lowest BCUT2D eigenvalue weighted by Gasteiger charge is -2.35. The van der Waals surface area contributed by atoms with Gasteiger partial charge in [0.2, 0.25) is 0 Å². The SMILES string of the molecule is CCC1(C)OB(c2c(C3OCCO3)ccnc2Cl)OC1(C)C. The number of rotatable bonds is 3. The molecule has 0 N–H and O–H groups in total. The predicted molar refractivity (Wildman–Crippen MR) is 84.2 cm³/mol. The van der Waals surface area contributed by atoms with Gasteiger partial charge in [-0.05, 0) is 33.3 Å². The van der Waals surface area contributed by atoms with Crippen LogP contribution in [0, 0.1) is 0 Å². The summed E-state index contributed by atoms with van der Waals surface area (Å²) in [6, 6.07) is 1.85. The maximum atomic E-state index is 6.34. The summed E-state index contributed by atoms with van der Waals surface area (Å²) in [6.45, 7) is 9.33. The molecule has 0 aliphatic carbocycles. The van der Waals surface area contributed by atoms with Crippen LogP contribution in [-0.4, -0.2) is 36.5 Å². The Morgan fingerprint density at radius 2 is 1.95 bits per heavy atom. The zero-order chi connectivity index (χ0) is 16.0. The molecule has 7 heteroatoms. The van der Waals surface area contributed by atoms with E-state index in [1.165, 1.54) is 0 Å². The third-order valence-electron chi connectivity index (χ3n) is 4.80. The minimum atomic E-state index is -0.580. The Balaban J connectivity index is 1.99. The van der Waals surface area contributed by atoms with E-state index in [1.54, 1.807) is 6.20 Å². The summed E-state index contributed by atoms with van der Waals surface area (Å²) in [6.07, 6.45) is 2.03. The van der Waals surface area contributed by atoms with E-state index in [-0.39, 0.29) is 0 Å². The lowest BCUT2D eigenvalue weighted by atomic mass is 9.77. The smallest absolute Gasteiger partial charge is 0.399 e. The summed E-state index contributed by atoms with van der Waals surface area (Å²) in [5.41, 5.74) is 0.686. The Bertz CT molecular complexity index is 564. The third-order valence-corrected chi connectivity index (χ3v) is 5.10. The quantitative estimate of drug-likeness (QED) is 0.631. The van der Waals surface area contributed by atoms with E-state index in [2.05, 4.69) is 18.8 Å². The molecule has 0 saturated carbocycles. The molecule has 0 aromatic carbocycles. The van der Waals surface area contributed by atoms with Crippen LogP contribution in [0.1, 0.15) is 46.0 Å². The molecule has 120 valence electrons. The second-order valence-electron chi connectivity index (χ2n) is 6.34. The van der Waals surface area contributed by atoms with Crippen LogP contribution < -0.4 is 5.46 Å². The number of nitrogens with zero attached hydrogens (tertiary/aromatic N) is 1. The average Bonchev–Trinajstić information content (AvgIpc) is 3.06. The summed E-state index contributed by atoms with van der Waals surface area (Å²) in [7, 11) is -0.580. The van der Waals surface area contributed by atoms with Gasteiger partial charge in [0.05, 0.1) is 24.4 Å². The fourth-order valence-corrected chi connectivity index (χ4v) is 3.11. The summed E-state index contributed by atoms with van der Waals surface area (Å²) < 4.78 is 23.6. The van der Waals surface area contributed by atoms with Crippen molar-refractivity contribution in [1.29, 1.82) is 0 Å². The van der Waals surface area contributed by atoms with Gasteiger partial charge in [0.25, 0.3) is 0 Å². The Hall–Kier alpha value is -0.655. The lowest BCUT2D eigenvalue weighted by Crippen LogP contribution is -2.44. The van der Waals surface area contributed by atoms with Gasteiger partial charge < -0.3 is 18.8 Å². The van der Waals surface area contributed by atoms with Crippen LogP contribution in [0.4, 0.5) is 0 Å². The molecular weight excluding hydrogens is 304 g/mol. The standard InChI is InChI=1S/C15H21BClNO4/c1-5-15(4)14(2,3)21-16(22-15)11-10(6-7-18-12(11)17)13-19-8-9-20-13/h6-7,13H,5,8-9H2,1-4H3. The number of hydrogen-bond acceptors (Lipinski definition) is 5. The molecule has 2 aliphatic heterocycles. The van der Waals surface area contributed by atoms with Gasteiger partial charge in [-0.3, -0.25) is 0 Å². The zero-order valence-electron chi connectivity index (χ0n) is 13.4. The molecule has 1 unspecified atom stereocenters. The third kappa shape index (κ3) is 2.57. The van der Waals surface area contributed by atoms with Gasteiger partial charge in [-0.1, -0.05) is 18.5 Å². The second kappa shape index (κ2) is 5.76. The van der Waals surface area contributed by atoms with Crippen molar-refractivity contribution in [2.45, 2.75) is 51.6 Å². The van der Waals surface area contributed by atoms with Crippen molar-refractivity contribution < 1.29 is 18.8 Å². The van der Waals surface area contributed by atoms with Gasteiger partial charge in [-0.2, -0.15) is 0 Å². The number of halogens is 1. The summed E-state index contributed by atoms with van der Waals surface area (Å²) in [4.78, 5) is 4.17. The molecule has 0 amide bonds. The topological polar surface area (TPSA) is 49.8 Å². The monoisotopic (exact) mass is 325 g/mol. The highest BCUT2D eigenvalue weighted by atomic mass is 35.5. The van der Waals surface area contributed by atoms with Crippen LogP contribution in [0.25, 0.3) is 0 Å². The van der Waals surface area contributed by atoms with E-state index < -0.39 is 24.6 Å². The first-order valence-electron chi connectivity index (χ1n) is 7.61. The van der Waals surface area contributed by atoms with Crippen molar-refractivity contribution in [3.05, 3.63) is 23.0 Å². The van der Waals surface area contributed by atoms with E-state index in [0.29, 0.717) is 23.8 Å². The van der Waals surface area contributed by atoms with E-state index in [0.717, 1.165) is 12.0 Å². The molecule has 5 nitrogen and oxygen atoms in total. The zero-order valence-corrected chi connectivity index (χ0v) is 14.1. The summed E-state index contributed by atoms with van der Waals surface area (Å²) in [5.74, 6) is 0. The molecule has 2 fully saturated rings. The minimum Gasteiger partial charge on any atom is -0.399 e. The van der Waals surface area contributed by atoms with Gasteiger partial charge in [0.1, 0.15) is 5.15 Å². The second-order valence-corrected chi connectivity index (χ2v) is 6.70. The van der Waals surface area contributed by atoms with Crippen molar-refractivity contribution in [1.82, 2.24) is 4.98 Å². The van der Waals surface area contributed by atoms with Crippen molar-refractivity contribution in [3.8, 4) is 0 Å². The van der Waals surface area contributed by atoms with Gasteiger partial charge in [0.15, 0.2) is 6.29 Å². The number of aromatic nitrogens is 1. The molecule has 3 rings (SSSR count). The highest BCUT2D eigenvalue weighted by Gasteiger charge is 2.55. The molecule has 1 atom stereocenters. The molecule has 1 aromatic rings. The first kappa shape index (κ1) is 16.2. The van der Waals surface area contributed by atoms with Gasteiger partial charge in [-0.25, -0.2) is 4.98 Å². The summed E-state index contributed by atoms with van der Waals surface area (Å²) >= 11 is 6.34. The van der Waals surface area contributed by atoms with Crippen LogP contribution in [0.2, 0.25) is 5.15 Å². The number of pyridine rings is 1. The molecule has 3 heterocycles. The highest BCUT2D eigenvalue weighted by molar-refractivity contribution is 6.66. The van der Waals surface area contributed by atoms with Gasteiger partial charge >= 0.3 is 7.12 Å². The average molecular weight is 326 g/mol. The fourth-order valence-electron chi connectivity index (χ4n) is 2.86. The van der Waals surface area contributed by atoms with Crippen LogP contribution in [0.3, 0.4) is 0 Å². The maximum Gasteiger partial charge on any atom is 0.498 e. The first-order chi connectivity index (χ1) is 10.4. The molecule has 0 radical (unpaired) electrons. The Morgan fingerprint density at radius 3 is 2.55 bits per heavy atom. The molecule has 0 spiro atoms. The van der Waals surface area contributed by atoms with E-state index in [1.807, 2.05) is 19.9 Å². The molecular formula is C15H21BClNO4. The minimum absolute atomic E-state index is 0.359. The van der Waals surface area contributed by atoms with Crippen LogP contribution in [0.15, 0.2) is 12.3 Å². The normalized spacial score (nSPS) is 28.5. The van der Waals surface area contributed by atoms with Crippen molar-refractivity contribution in [2.24, 2.45) is 0 Å². The van der Waals surface area contributed by atoms with Gasteiger partial charge in [0, 0.05) is 17.2 Å². The fraction of sp³-hybridized carbons (Fsp3) is 0.667. The molecule has 1 aromatic heterocycles. The summed E-state index contributed by atoms with van der Waals surface area (Å²) in [5, 5.41) is 0.359. The van der Waals surface area contributed by atoms with Crippen molar-refractivity contribution in [3.63, 3.8) is 0 Å². The number of hydrogen-bond donors (Lipinski definition) is 0. The molecule has 0 bridgehead atoms. The molecule has 2 saturated heterocycles. The van der Waals surface area contributed by atoms with E-state index >= 15 is 0 Å². The van der Waals surface area contributed by atoms with Crippen LogP contribution in [-0.2, 0) is 18.8 Å². The molecule has 22 heavy (non-hydrogen) atoms. The van der Waals surface area contributed by atoms with Crippen molar-refractivity contribution in [2.75, 3.05) is 13.2 Å². The van der Waals surface area contributed by atoms with Crippen molar-refractivity contribution >= 4 is 24.2 Å². The predicted octanol–water partition coefficient (Wildman–Crippen LogP) is 2.47.